The number of piperazine rings is 1. The van der Waals surface area contributed by atoms with Crippen LogP contribution in [0.2, 0.25) is 0 Å². The highest BCUT2D eigenvalue weighted by molar-refractivity contribution is 5.98. The largest absolute Gasteiger partial charge is 0.496 e. The molecular weight excluding hydrogens is 426 g/mol. The molecule has 0 bridgehead atoms. The highest BCUT2D eigenvalue weighted by atomic mass is 16.6. The van der Waals surface area contributed by atoms with E-state index in [9.17, 15) is 19.7 Å². The third-order valence-corrected chi connectivity index (χ3v) is 5.95. The summed E-state index contributed by atoms with van der Waals surface area (Å²) in [6, 6.07) is 13.3. The molecule has 1 unspecified atom stereocenters. The Hall–Kier alpha value is -3.92. The first-order chi connectivity index (χ1) is 15.9. The zero-order chi connectivity index (χ0) is 23.5. The summed E-state index contributed by atoms with van der Waals surface area (Å²) < 4.78 is 5.03. The van der Waals surface area contributed by atoms with E-state index in [1.54, 1.807) is 17.9 Å². The van der Waals surface area contributed by atoms with E-state index in [1.165, 1.54) is 19.2 Å². The van der Waals surface area contributed by atoms with Gasteiger partial charge in [0.2, 0.25) is 5.91 Å². The third-order valence-electron chi connectivity index (χ3n) is 5.95. The molecule has 2 heterocycles. The van der Waals surface area contributed by atoms with Crippen molar-refractivity contribution < 1.29 is 19.2 Å². The van der Waals surface area contributed by atoms with Crippen molar-refractivity contribution in [2.24, 2.45) is 0 Å². The van der Waals surface area contributed by atoms with Crippen molar-refractivity contribution in [2.75, 3.05) is 38.6 Å². The second kappa shape index (κ2) is 9.29. The Kier molecular flexibility index (Phi) is 6.27. The predicted molar refractivity (Wildman–Crippen MR) is 124 cm³/mol. The number of nitro benzene ring substituents is 1. The molecular formula is C23H25N5O5. The van der Waals surface area contributed by atoms with Crippen LogP contribution in [0.3, 0.4) is 0 Å². The van der Waals surface area contributed by atoms with Gasteiger partial charge in [-0.1, -0.05) is 18.2 Å². The number of para-hydroxylation sites is 1. The number of rotatable bonds is 6. The molecule has 1 aliphatic rings. The maximum atomic E-state index is 12.9. The number of nitro groups is 1. The van der Waals surface area contributed by atoms with Gasteiger partial charge in [0.25, 0.3) is 11.6 Å². The van der Waals surface area contributed by atoms with E-state index in [4.69, 9.17) is 4.74 Å². The summed E-state index contributed by atoms with van der Waals surface area (Å²) in [5.41, 5.74) is 1.34. The maximum Gasteiger partial charge on any atom is 0.296 e. The van der Waals surface area contributed by atoms with Gasteiger partial charge in [0.1, 0.15) is 17.1 Å². The van der Waals surface area contributed by atoms with Crippen molar-refractivity contribution >= 4 is 34.1 Å². The van der Waals surface area contributed by atoms with Gasteiger partial charge in [-0.3, -0.25) is 24.6 Å². The molecule has 4 rings (SSSR count). The summed E-state index contributed by atoms with van der Waals surface area (Å²) in [6.07, 6.45) is 0. The molecule has 0 spiro atoms. The number of H-pyrrole nitrogens is 1. The van der Waals surface area contributed by atoms with Crippen LogP contribution in [0, 0.1) is 10.1 Å². The zero-order valence-electron chi connectivity index (χ0n) is 18.4. The molecule has 172 valence electrons. The molecule has 10 nitrogen and oxygen atoms in total. The lowest BCUT2D eigenvalue weighted by Crippen LogP contribution is -2.54. The number of anilines is 1. The quantitative estimate of drug-likeness (QED) is 0.439. The van der Waals surface area contributed by atoms with Crippen LogP contribution in [0.25, 0.3) is 10.9 Å². The average molecular weight is 451 g/mol. The molecule has 1 saturated heterocycles. The molecule has 1 atom stereocenters. The summed E-state index contributed by atoms with van der Waals surface area (Å²) >= 11 is 0. The van der Waals surface area contributed by atoms with Crippen LogP contribution in [-0.2, 0) is 4.79 Å². The Bertz CT molecular complexity index is 1170. The molecule has 2 N–H and O–H groups in total. The molecule has 0 radical (unpaired) electrons. The van der Waals surface area contributed by atoms with Crippen molar-refractivity contribution in [3.05, 3.63) is 64.3 Å². The van der Waals surface area contributed by atoms with Crippen LogP contribution >= 0.6 is 0 Å². The third kappa shape index (κ3) is 4.65. The average Bonchev–Trinajstić information content (AvgIpc) is 3.27. The molecule has 2 amide bonds. The number of aromatic amines is 1. The van der Waals surface area contributed by atoms with E-state index in [1.807, 2.05) is 35.2 Å². The number of benzene rings is 2. The summed E-state index contributed by atoms with van der Waals surface area (Å²) in [5.74, 6) is -0.0843. The van der Waals surface area contributed by atoms with Crippen molar-refractivity contribution in [3.63, 3.8) is 0 Å². The maximum absolute atomic E-state index is 12.9. The monoisotopic (exact) mass is 451 g/mol. The fourth-order valence-corrected chi connectivity index (χ4v) is 3.97. The second-order valence-electron chi connectivity index (χ2n) is 7.90. The molecule has 0 aliphatic carbocycles. The van der Waals surface area contributed by atoms with Gasteiger partial charge >= 0.3 is 0 Å². The SMILES string of the molecule is COc1ccc(NC(=O)C(C)N2CCN(C(=O)c3cc4ccccc4[nH]3)CC2)c([N+](=O)[O-])c1. The van der Waals surface area contributed by atoms with Crippen molar-refractivity contribution in [1.29, 1.82) is 0 Å². The van der Waals surface area contributed by atoms with Gasteiger partial charge < -0.3 is 19.9 Å². The van der Waals surface area contributed by atoms with Gasteiger partial charge in [0, 0.05) is 37.1 Å². The zero-order valence-corrected chi connectivity index (χ0v) is 18.4. The van der Waals surface area contributed by atoms with Crippen LogP contribution in [0.4, 0.5) is 11.4 Å². The van der Waals surface area contributed by atoms with Crippen LogP contribution in [0.5, 0.6) is 5.75 Å². The van der Waals surface area contributed by atoms with Gasteiger partial charge in [-0.15, -0.1) is 0 Å². The van der Waals surface area contributed by atoms with Gasteiger partial charge in [-0.25, -0.2) is 0 Å². The van der Waals surface area contributed by atoms with Crippen LogP contribution in [0.1, 0.15) is 17.4 Å². The van der Waals surface area contributed by atoms with E-state index in [0.29, 0.717) is 37.6 Å². The number of carbonyl (C=O) groups excluding carboxylic acids is 2. The molecule has 33 heavy (non-hydrogen) atoms. The first-order valence-corrected chi connectivity index (χ1v) is 10.6. The highest BCUT2D eigenvalue weighted by Gasteiger charge is 2.29. The molecule has 10 heteroatoms. The number of nitrogens with zero attached hydrogens (tertiary/aromatic N) is 3. The van der Waals surface area contributed by atoms with Crippen molar-refractivity contribution in [2.45, 2.75) is 13.0 Å². The first-order valence-electron chi connectivity index (χ1n) is 10.6. The highest BCUT2D eigenvalue weighted by Crippen LogP contribution is 2.29. The Balaban J connectivity index is 1.37. The number of nitrogens with one attached hydrogen (secondary N) is 2. The molecule has 2 aromatic carbocycles. The minimum absolute atomic E-state index is 0.0724. The van der Waals surface area contributed by atoms with E-state index < -0.39 is 11.0 Å². The molecule has 1 aromatic heterocycles. The normalized spacial score (nSPS) is 15.3. The van der Waals surface area contributed by atoms with Crippen LogP contribution < -0.4 is 10.1 Å². The fourth-order valence-electron chi connectivity index (χ4n) is 3.97. The number of aromatic nitrogens is 1. The van der Waals surface area contributed by atoms with Crippen molar-refractivity contribution in [1.82, 2.24) is 14.8 Å². The Morgan fingerprint density at radius 3 is 2.52 bits per heavy atom. The van der Waals surface area contributed by atoms with Crippen LogP contribution in [-0.4, -0.2) is 70.9 Å². The summed E-state index contributed by atoms with van der Waals surface area (Å²) in [7, 11) is 1.42. The summed E-state index contributed by atoms with van der Waals surface area (Å²) in [5, 5.41) is 15.0. The number of ether oxygens (including phenoxy) is 1. The molecule has 0 saturated carbocycles. The lowest BCUT2D eigenvalue weighted by Gasteiger charge is -2.37. The summed E-state index contributed by atoms with van der Waals surface area (Å²) in [4.78, 5) is 43.4. The number of hydrogen-bond acceptors (Lipinski definition) is 6. The minimum atomic E-state index is -0.558. The molecule has 3 aromatic rings. The molecule has 1 fully saturated rings. The predicted octanol–water partition coefficient (Wildman–Crippen LogP) is 2.87. The van der Waals surface area contributed by atoms with E-state index >= 15 is 0 Å². The topological polar surface area (TPSA) is 121 Å². The van der Waals surface area contributed by atoms with Gasteiger partial charge in [-0.2, -0.15) is 0 Å². The number of hydrogen-bond donors (Lipinski definition) is 2. The smallest absolute Gasteiger partial charge is 0.296 e. The lowest BCUT2D eigenvalue weighted by molar-refractivity contribution is -0.384. The van der Waals surface area contributed by atoms with Crippen LogP contribution in [0.15, 0.2) is 48.5 Å². The van der Waals surface area contributed by atoms with E-state index in [0.717, 1.165) is 10.9 Å². The number of carbonyl (C=O) groups is 2. The van der Waals surface area contributed by atoms with Gasteiger partial charge in [0.05, 0.1) is 24.1 Å². The summed E-state index contributed by atoms with van der Waals surface area (Å²) in [6.45, 7) is 3.75. The fraction of sp³-hybridized carbons (Fsp3) is 0.304. The Labute approximate surface area is 190 Å². The number of amides is 2. The number of fused-ring (bicyclic) bond motifs is 1. The van der Waals surface area contributed by atoms with Gasteiger partial charge in [-0.05, 0) is 31.2 Å². The second-order valence-corrected chi connectivity index (χ2v) is 7.90. The van der Waals surface area contributed by atoms with Gasteiger partial charge in [0.15, 0.2) is 0 Å². The van der Waals surface area contributed by atoms with Crippen molar-refractivity contribution in [3.8, 4) is 5.75 Å². The lowest BCUT2D eigenvalue weighted by atomic mass is 10.2. The Morgan fingerprint density at radius 2 is 1.85 bits per heavy atom. The van der Waals surface area contributed by atoms with E-state index in [-0.39, 0.29) is 23.2 Å². The standard InChI is InChI=1S/C23H25N5O5/c1-15(22(29)25-19-8-7-17(33-2)14-21(19)28(31)32)26-9-11-27(12-10-26)23(30)20-13-16-5-3-4-6-18(16)24-20/h3-8,13-15,24H,9-12H2,1-2H3,(H,25,29). The minimum Gasteiger partial charge on any atom is -0.496 e. The molecule has 1 aliphatic heterocycles. The number of methoxy groups -OCH3 is 1. The Morgan fingerprint density at radius 1 is 1.12 bits per heavy atom. The first kappa shape index (κ1) is 22.3. The van der Waals surface area contributed by atoms with E-state index in [2.05, 4.69) is 10.3 Å².